The largest absolute Gasteiger partial charge is 0.493 e. The first-order chi connectivity index (χ1) is 11.7. The van der Waals surface area contributed by atoms with E-state index in [2.05, 4.69) is 13.0 Å². The number of carbonyl (C=O) groups is 1. The summed E-state index contributed by atoms with van der Waals surface area (Å²) < 4.78 is 7.60. The van der Waals surface area contributed by atoms with Gasteiger partial charge < -0.3 is 14.2 Å². The van der Waals surface area contributed by atoms with E-state index in [4.69, 9.17) is 4.74 Å². The number of aryl methyl sites for hydroxylation is 1. The van der Waals surface area contributed by atoms with Gasteiger partial charge in [0.1, 0.15) is 5.75 Å². The summed E-state index contributed by atoms with van der Waals surface area (Å²) in [5, 5.41) is 9.75. The van der Waals surface area contributed by atoms with Gasteiger partial charge in [-0.15, -0.1) is 0 Å². The number of aromatic carboxylic acids is 1. The van der Waals surface area contributed by atoms with E-state index in [1.54, 1.807) is 0 Å². The molecule has 2 heterocycles. The van der Waals surface area contributed by atoms with Crippen molar-refractivity contribution in [2.75, 3.05) is 6.61 Å². The Bertz CT molecular complexity index is 880. The highest BCUT2D eigenvalue weighted by atomic mass is 16.5. The van der Waals surface area contributed by atoms with Gasteiger partial charge in [-0.2, -0.15) is 0 Å². The van der Waals surface area contributed by atoms with Crippen molar-refractivity contribution in [2.45, 2.75) is 26.7 Å². The van der Waals surface area contributed by atoms with Crippen LogP contribution >= 0.6 is 0 Å². The Morgan fingerprint density at radius 3 is 2.71 bits per heavy atom. The van der Waals surface area contributed by atoms with Crippen LogP contribution in [0.2, 0.25) is 0 Å². The smallest absolute Gasteiger partial charge is 0.338 e. The summed E-state index contributed by atoms with van der Waals surface area (Å²) in [4.78, 5) is 11.9. The molecule has 3 aromatic rings. The van der Waals surface area contributed by atoms with Gasteiger partial charge in [0.2, 0.25) is 0 Å². The molecule has 0 atom stereocenters. The third-order valence-electron chi connectivity index (χ3n) is 4.07. The van der Waals surface area contributed by atoms with E-state index in [0.717, 1.165) is 24.2 Å². The SMILES string of the molecule is CCCc1ccc(OCC)c(-c2cn3ccccc3c2C(=O)O)c1. The Morgan fingerprint density at radius 1 is 1.17 bits per heavy atom. The maximum Gasteiger partial charge on any atom is 0.338 e. The van der Waals surface area contributed by atoms with Gasteiger partial charge in [-0.3, -0.25) is 0 Å². The van der Waals surface area contributed by atoms with Crippen LogP contribution in [0.4, 0.5) is 0 Å². The molecule has 0 aliphatic carbocycles. The topological polar surface area (TPSA) is 50.9 Å². The maximum absolute atomic E-state index is 11.9. The van der Waals surface area contributed by atoms with Crippen LogP contribution in [-0.2, 0) is 6.42 Å². The highest BCUT2D eigenvalue weighted by Gasteiger charge is 2.21. The summed E-state index contributed by atoms with van der Waals surface area (Å²) in [7, 11) is 0. The van der Waals surface area contributed by atoms with E-state index >= 15 is 0 Å². The van der Waals surface area contributed by atoms with Gasteiger partial charge in [0.15, 0.2) is 0 Å². The lowest BCUT2D eigenvalue weighted by atomic mass is 9.98. The van der Waals surface area contributed by atoms with Crippen LogP contribution in [0.3, 0.4) is 0 Å². The van der Waals surface area contributed by atoms with Crippen LogP contribution in [0.25, 0.3) is 16.6 Å². The molecule has 1 N–H and O–H groups in total. The summed E-state index contributed by atoms with van der Waals surface area (Å²) in [5.74, 6) is -0.210. The van der Waals surface area contributed by atoms with Crippen LogP contribution in [0.15, 0.2) is 48.8 Å². The second-order valence-corrected chi connectivity index (χ2v) is 5.73. The lowest BCUT2D eigenvalue weighted by molar-refractivity contribution is 0.0700. The van der Waals surface area contributed by atoms with Gasteiger partial charge >= 0.3 is 5.97 Å². The van der Waals surface area contributed by atoms with E-state index in [1.165, 1.54) is 5.56 Å². The zero-order chi connectivity index (χ0) is 17.1. The van der Waals surface area contributed by atoms with Gasteiger partial charge in [-0.1, -0.05) is 25.5 Å². The van der Waals surface area contributed by atoms with Gasteiger partial charge in [0, 0.05) is 23.5 Å². The third kappa shape index (κ3) is 2.87. The fraction of sp³-hybridized carbons (Fsp3) is 0.250. The molecule has 0 aliphatic rings. The molecule has 0 aliphatic heterocycles. The number of pyridine rings is 1. The van der Waals surface area contributed by atoms with Crippen molar-refractivity contribution in [1.82, 2.24) is 4.40 Å². The van der Waals surface area contributed by atoms with Crippen LogP contribution in [-0.4, -0.2) is 22.1 Å². The molecule has 0 saturated carbocycles. The molecule has 124 valence electrons. The number of fused-ring (bicyclic) bond motifs is 1. The van der Waals surface area contributed by atoms with Gasteiger partial charge in [0.05, 0.1) is 17.7 Å². The van der Waals surface area contributed by atoms with E-state index < -0.39 is 5.97 Å². The fourth-order valence-corrected chi connectivity index (χ4v) is 3.06. The second-order valence-electron chi connectivity index (χ2n) is 5.73. The first-order valence-electron chi connectivity index (χ1n) is 8.24. The molecule has 0 unspecified atom stereocenters. The Balaban J connectivity index is 2.27. The normalized spacial score (nSPS) is 10.9. The van der Waals surface area contributed by atoms with Gasteiger partial charge in [-0.25, -0.2) is 4.79 Å². The number of carboxylic acids is 1. The summed E-state index contributed by atoms with van der Waals surface area (Å²) in [6, 6.07) is 11.6. The van der Waals surface area contributed by atoms with Crippen molar-refractivity contribution in [1.29, 1.82) is 0 Å². The maximum atomic E-state index is 11.9. The summed E-state index contributed by atoms with van der Waals surface area (Å²) >= 11 is 0. The quantitative estimate of drug-likeness (QED) is 0.718. The summed E-state index contributed by atoms with van der Waals surface area (Å²) in [6.45, 7) is 4.60. The Hall–Kier alpha value is -2.75. The number of nitrogens with zero attached hydrogens (tertiary/aromatic N) is 1. The first-order valence-corrected chi connectivity index (χ1v) is 8.24. The van der Waals surface area contributed by atoms with Crippen LogP contribution in [0.5, 0.6) is 5.75 Å². The molecule has 2 aromatic heterocycles. The zero-order valence-electron chi connectivity index (χ0n) is 14.0. The van der Waals surface area contributed by atoms with E-state index in [9.17, 15) is 9.90 Å². The number of hydrogen-bond donors (Lipinski definition) is 1. The van der Waals surface area contributed by atoms with E-state index in [1.807, 2.05) is 54.0 Å². The lowest BCUT2D eigenvalue weighted by Crippen LogP contribution is -2.00. The van der Waals surface area contributed by atoms with Crippen molar-refractivity contribution in [3.05, 3.63) is 59.9 Å². The van der Waals surface area contributed by atoms with Crippen molar-refractivity contribution < 1.29 is 14.6 Å². The summed E-state index contributed by atoms with van der Waals surface area (Å²) in [5.41, 5.74) is 3.70. The van der Waals surface area contributed by atoms with Gasteiger partial charge in [0.25, 0.3) is 0 Å². The van der Waals surface area contributed by atoms with E-state index in [0.29, 0.717) is 23.3 Å². The number of benzene rings is 1. The highest BCUT2D eigenvalue weighted by molar-refractivity contribution is 6.04. The summed E-state index contributed by atoms with van der Waals surface area (Å²) in [6.07, 6.45) is 5.72. The minimum absolute atomic E-state index is 0.310. The molecule has 4 nitrogen and oxygen atoms in total. The van der Waals surface area contributed by atoms with Gasteiger partial charge in [-0.05, 0) is 43.2 Å². The first kappa shape index (κ1) is 16.1. The minimum atomic E-state index is -0.929. The average molecular weight is 323 g/mol. The van der Waals surface area contributed by atoms with Crippen molar-refractivity contribution >= 4 is 11.5 Å². The number of ether oxygens (including phenoxy) is 1. The average Bonchev–Trinajstić information content (AvgIpc) is 2.96. The number of carboxylic acid groups (broad SMARTS) is 1. The monoisotopic (exact) mass is 323 g/mol. The molecule has 1 aromatic carbocycles. The Morgan fingerprint density at radius 2 is 2.00 bits per heavy atom. The Labute approximate surface area is 141 Å². The van der Waals surface area contributed by atoms with Crippen molar-refractivity contribution in [3.8, 4) is 16.9 Å². The second kappa shape index (κ2) is 6.79. The molecular formula is C20H21NO3. The molecule has 3 rings (SSSR count). The molecule has 0 radical (unpaired) electrons. The number of rotatable bonds is 6. The zero-order valence-corrected chi connectivity index (χ0v) is 14.0. The molecule has 0 amide bonds. The number of hydrogen-bond acceptors (Lipinski definition) is 2. The molecule has 24 heavy (non-hydrogen) atoms. The van der Waals surface area contributed by atoms with Crippen LogP contribution < -0.4 is 4.74 Å². The molecular weight excluding hydrogens is 302 g/mol. The molecule has 0 fully saturated rings. The van der Waals surface area contributed by atoms with Crippen molar-refractivity contribution in [2.24, 2.45) is 0 Å². The fourth-order valence-electron chi connectivity index (χ4n) is 3.06. The molecule has 4 heteroatoms. The Kier molecular flexibility index (Phi) is 4.56. The van der Waals surface area contributed by atoms with Crippen LogP contribution in [0.1, 0.15) is 36.2 Å². The minimum Gasteiger partial charge on any atom is -0.493 e. The predicted molar refractivity (Wildman–Crippen MR) is 95.0 cm³/mol. The highest BCUT2D eigenvalue weighted by Crippen LogP contribution is 2.36. The number of aromatic nitrogens is 1. The predicted octanol–water partition coefficient (Wildman–Crippen LogP) is 4.66. The molecule has 0 spiro atoms. The van der Waals surface area contributed by atoms with Crippen molar-refractivity contribution in [3.63, 3.8) is 0 Å². The standard InChI is InChI=1S/C20H21NO3/c1-3-7-14-9-10-18(24-4-2)15(12-14)16-13-21-11-6-5-8-17(21)19(16)20(22)23/h5-6,8-13H,3-4,7H2,1-2H3,(H,22,23). The molecule has 0 bridgehead atoms. The van der Waals surface area contributed by atoms with E-state index in [-0.39, 0.29) is 0 Å². The third-order valence-corrected chi connectivity index (χ3v) is 4.07. The van der Waals surface area contributed by atoms with Crippen LogP contribution in [0, 0.1) is 0 Å². The lowest BCUT2D eigenvalue weighted by Gasteiger charge is -2.12. The molecule has 0 saturated heterocycles.